The normalized spacial score (nSPS) is 20.6. The van der Waals surface area contributed by atoms with Crippen molar-refractivity contribution < 1.29 is 14.7 Å². The SMILES string of the molecule is CCCC1(C(=O)O)CCN(C(=O)[C@@H](N)C(C)(C)C)CC1. The highest BCUT2D eigenvalue weighted by Gasteiger charge is 2.42. The van der Waals surface area contributed by atoms with E-state index in [9.17, 15) is 14.7 Å². The molecule has 0 spiro atoms. The molecular weight excluding hydrogens is 256 g/mol. The number of hydrogen-bond acceptors (Lipinski definition) is 3. The minimum Gasteiger partial charge on any atom is -0.481 e. The third-order valence-electron chi connectivity index (χ3n) is 4.41. The van der Waals surface area contributed by atoms with Crippen molar-refractivity contribution >= 4 is 11.9 Å². The van der Waals surface area contributed by atoms with Crippen LogP contribution in [0.1, 0.15) is 53.4 Å². The van der Waals surface area contributed by atoms with Crippen LogP contribution in [0.2, 0.25) is 0 Å². The zero-order valence-corrected chi connectivity index (χ0v) is 13.1. The van der Waals surface area contributed by atoms with Crippen LogP contribution in [0, 0.1) is 10.8 Å². The molecule has 0 aromatic heterocycles. The first-order valence-corrected chi connectivity index (χ1v) is 7.42. The second-order valence-corrected chi connectivity index (χ2v) is 7.00. The zero-order valence-electron chi connectivity index (χ0n) is 13.1. The van der Waals surface area contributed by atoms with E-state index in [1.807, 2.05) is 27.7 Å². The molecular formula is C15H28N2O3. The number of carboxylic acids is 1. The van der Waals surface area contributed by atoms with Gasteiger partial charge in [0.15, 0.2) is 0 Å². The van der Waals surface area contributed by atoms with Gasteiger partial charge in [-0.05, 0) is 24.7 Å². The maximum Gasteiger partial charge on any atom is 0.309 e. The van der Waals surface area contributed by atoms with E-state index in [0.29, 0.717) is 32.4 Å². The molecule has 1 atom stereocenters. The summed E-state index contributed by atoms with van der Waals surface area (Å²) >= 11 is 0. The Morgan fingerprint density at radius 2 is 1.80 bits per heavy atom. The molecule has 20 heavy (non-hydrogen) atoms. The molecule has 0 radical (unpaired) electrons. The number of hydrogen-bond donors (Lipinski definition) is 2. The molecule has 0 bridgehead atoms. The van der Waals surface area contributed by atoms with Crippen molar-refractivity contribution in [3.63, 3.8) is 0 Å². The summed E-state index contributed by atoms with van der Waals surface area (Å²) in [5.41, 5.74) is 5.07. The van der Waals surface area contributed by atoms with Crippen LogP contribution in [0.5, 0.6) is 0 Å². The lowest BCUT2D eigenvalue weighted by molar-refractivity contribution is -0.155. The Labute approximate surface area is 121 Å². The number of rotatable bonds is 4. The van der Waals surface area contributed by atoms with Crippen LogP contribution in [-0.2, 0) is 9.59 Å². The largest absolute Gasteiger partial charge is 0.481 e. The molecule has 0 aromatic carbocycles. The predicted molar refractivity (Wildman–Crippen MR) is 78.2 cm³/mol. The van der Waals surface area contributed by atoms with Gasteiger partial charge in [-0.25, -0.2) is 0 Å². The van der Waals surface area contributed by atoms with E-state index < -0.39 is 17.4 Å². The van der Waals surface area contributed by atoms with Gasteiger partial charge in [0, 0.05) is 13.1 Å². The molecule has 1 amide bonds. The molecule has 1 heterocycles. The molecule has 1 aliphatic heterocycles. The molecule has 1 aliphatic rings. The van der Waals surface area contributed by atoms with E-state index >= 15 is 0 Å². The van der Waals surface area contributed by atoms with Gasteiger partial charge in [-0.15, -0.1) is 0 Å². The number of carboxylic acid groups (broad SMARTS) is 1. The fourth-order valence-corrected chi connectivity index (χ4v) is 2.77. The highest BCUT2D eigenvalue weighted by atomic mass is 16.4. The maximum absolute atomic E-state index is 12.3. The number of aliphatic carboxylic acids is 1. The van der Waals surface area contributed by atoms with Crippen LogP contribution in [0.15, 0.2) is 0 Å². The third kappa shape index (κ3) is 3.51. The van der Waals surface area contributed by atoms with Crippen molar-refractivity contribution in [3.05, 3.63) is 0 Å². The van der Waals surface area contributed by atoms with Gasteiger partial charge in [-0.2, -0.15) is 0 Å². The fraction of sp³-hybridized carbons (Fsp3) is 0.867. The van der Waals surface area contributed by atoms with Gasteiger partial charge in [0.25, 0.3) is 0 Å². The second kappa shape index (κ2) is 6.12. The Morgan fingerprint density at radius 1 is 1.30 bits per heavy atom. The maximum atomic E-state index is 12.3. The fourth-order valence-electron chi connectivity index (χ4n) is 2.77. The lowest BCUT2D eigenvalue weighted by Gasteiger charge is -2.41. The number of carbonyl (C=O) groups is 2. The van der Waals surface area contributed by atoms with Crippen molar-refractivity contribution in [1.82, 2.24) is 4.90 Å². The molecule has 0 aromatic rings. The molecule has 1 fully saturated rings. The van der Waals surface area contributed by atoms with Gasteiger partial charge in [0.05, 0.1) is 11.5 Å². The predicted octanol–water partition coefficient (Wildman–Crippen LogP) is 1.85. The Bertz CT molecular complexity index is 366. The van der Waals surface area contributed by atoms with Crippen LogP contribution in [0.25, 0.3) is 0 Å². The second-order valence-electron chi connectivity index (χ2n) is 7.00. The highest BCUT2D eigenvalue weighted by Crippen LogP contribution is 2.37. The molecule has 1 saturated heterocycles. The topological polar surface area (TPSA) is 83.6 Å². The molecule has 5 heteroatoms. The van der Waals surface area contributed by atoms with Gasteiger partial charge in [-0.3, -0.25) is 9.59 Å². The molecule has 1 rings (SSSR count). The van der Waals surface area contributed by atoms with E-state index in [4.69, 9.17) is 5.73 Å². The molecule has 3 N–H and O–H groups in total. The van der Waals surface area contributed by atoms with Gasteiger partial charge < -0.3 is 15.7 Å². The lowest BCUT2D eigenvalue weighted by atomic mass is 9.74. The van der Waals surface area contributed by atoms with Gasteiger partial charge in [-0.1, -0.05) is 34.1 Å². The summed E-state index contributed by atoms with van der Waals surface area (Å²) in [6.07, 6.45) is 2.58. The molecule has 0 aliphatic carbocycles. The van der Waals surface area contributed by atoms with E-state index in [0.717, 1.165) is 6.42 Å². The Hall–Kier alpha value is -1.10. The number of nitrogens with two attached hydrogens (primary N) is 1. The number of carbonyl (C=O) groups excluding carboxylic acids is 1. The van der Waals surface area contributed by atoms with Crippen LogP contribution < -0.4 is 5.73 Å². The minimum absolute atomic E-state index is 0.0620. The zero-order chi connectivity index (χ0) is 15.6. The van der Waals surface area contributed by atoms with Crippen molar-refractivity contribution in [2.24, 2.45) is 16.6 Å². The third-order valence-corrected chi connectivity index (χ3v) is 4.41. The summed E-state index contributed by atoms with van der Waals surface area (Å²) in [5.74, 6) is -0.792. The Kier molecular flexibility index (Phi) is 5.19. The summed E-state index contributed by atoms with van der Waals surface area (Å²) < 4.78 is 0. The number of nitrogens with zero attached hydrogens (tertiary/aromatic N) is 1. The number of piperidine rings is 1. The van der Waals surface area contributed by atoms with Crippen molar-refractivity contribution in [3.8, 4) is 0 Å². The summed E-state index contributed by atoms with van der Waals surface area (Å²) in [7, 11) is 0. The van der Waals surface area contributed by atoms with Crippen molar-refractivity contribution in [1.29, 1.82) is 0 Å². The lowest BCUT2D eigenvalue weighted by Crippen LogP contribution is -2.54. The number of likely N-dealkylation sites (tertiary alicyclic amines) is 1. The standard InChI is InChI=1S/C15H28N2O3/c1-5-6-15(13(19)20)7-9-17(10-8-15)12(18)11(16)14(2,3)4/h11H,5-10,16H2,1-4H3,(H,19,20)/t11-/m1/s1. The Morgan fingerprint density at radius 3 is 2.15 bits per heavy atom. The van der Waals surface area contributed by atoms with Crippen molar-refractivity contribution in [2.75, 3.05) is 13.1 Å². The van der Waals surface area contributed by atoms with Gasteiger partial charge >= 0.3 is 5.97 Å². The first kappa shape index (κ1) is 17.0. The quantitative estimate of drug-likeness (QED) is 0.825. The average Bonchev–Trinajstić information content (AvgIpc) is 2.37. The highest BCUT2D eigenvalue weighted by molar-refractivity contribution is 5.83. The Balaban J connectivity index is 2.70. The van der Waals surface area contributed by atoms with Crippen molar-refractivity contribution in [2.45, 2.75) is 59.4 Å². The first-order chi connectivity index (χ1) is 9.14. The van der Waals surface area contributed by atoms with Gasteiger partial charge in [0.2, 0.25) is 5.91 Å². The van der Waals surface area contributed by atoms with Crippen LogP contribution in [0.3, 0.4) is 0 Å². The van der Waals surface area contributed by atoms with E-state index in [1.165, 1.54) is 0 Å². The molecule has 0 saturated carbocycles. The summed E-state index contributed by atoms with van der Waals surface area (Å²) in [6, 6.07) is -0.536. The smallest absolute Gasteiger partial charge is 0.309 e. The molecule has 5 nitrogen and oxygen atoms in total. The van der Waals surface area contributed by atoms with E-state index in [2.05, 4.69) is 0 Å². The van der Waals surface area contributed by atoms with E-state index in [-0.39, 0.29) is 11.3 Å². The summed E-state index contributed by atoms with van der Waals surface area (Å²) in [6.45, 7) is 8.82. The van der Waals surface area contributed by atoms with Crippen LogP contribution in [0.4, 0.5) is 0 Å². The van der Waals surface area contributed by atoms with Gasteiger partial charge in [0.1, 0.15) is 0 Å². The van der Waals surface area contributed by atoms with Crippen LogP contribution in [-0.4, -0.2) is 41.0 Å². The average molecular weight is 284 g/mol. The summed E-state index contributed by atoms with van der Waals surface area (Å²) in [5, 5.41) is 9.46. The summed E-state index contributed by atoms with van der Waals surface area (Å²) in [4.78, 5) is 25.6. The number of amides is 1. The minimum atomic E-state index is -0.730. The van der Waals surface area contributed by atoms with Crippen LogP contribution >= 0.6 is 0 Å². The first-order valence-electron chi connectivity index (χ1n) is 7.42. The van der Waals surface area contributed by atoms with E-state index in [1.54, 1.807) is 4.90 Å². The monoisotopic (exact) mass is 284 g/mol. The molecule has 116 valence electrons. The molecule has 0 unspecified atom stereocenters.